The molecule has 2 aromatic rings. The van der Waals surface area contributed by atoms with Crippen LogP contribution in [0.5, 0.6) is 0 Å². The third-order valence-corrected chi connectivity index (χ3v) is 3.56. The van der Waals surface area contributed by atoms with E-state index in [9.17, 15) is 9.90 Å². The monoisotopic (exact) mass is 298 g/mol. The van der Waals surface area contributed by atoms with E-state index in [1.807, 2.05) is 61.5 Å². The van der Waals surface area contributed by atoms with Crippen LogP contribution in [0.15, 0.2) is 54.6 Å². The summed E-state index contributed by atoms with van der Waals surface area (Å²) in [5, 5.41) is 12.1. The van der Waals surface area contributed by atoms with Crippen molar-refractivity contribution in [2.24, 2.45) is 0 Å². The van der Waals surface area contributed by atoms with Gasteiger partial charge in [0.15, 0.2) is 0 Å². The van der Waals surface area contributed by atoms with E-state index in [1.54, 1.807) is 4.90 Å². The molecule has 0 aliphatic carbocycles. The van der Waals surface area contributed by atoms with Gasteiger partial charge in [-0.2, -0.15) is 0 Å². The first-order chi connectivity index (χ1) is 10.7. The summed E-state index contributed by atoms with van der Waals surface area (Å²) in [6.07, 6.45) is 0. The van der Waals surface area contributed by atoms with Crippen LogP contribution in [0.2, 0.25) is 0 Å². The number of urea groups is 1. The largest absolute Gasteiger partial charge is 0.395 e. The topological polar surface area (TPSA) is 52.6 Å². The summed E-state index contributed by atoms with van der Waals surface area (Å²) in [5.74, 6) is 0. The zero-order chi connectivity index (χ0) is 15.8. The number of rotatable bonds is 6. The summed E-state index contributed by atoms with van der Waals surface area (Å²) in [5.41, 5.74) is 3.29. The maximum atomic E-state index is 12.3. The number of aliphatic hydroxyl groups is 1. The first-order valence-corrected chi connectivity index (χ1v) is 7.43. The average molecular weight is 298 g/mol. The Balaban J connectivity index is 1.96. The number of carbonyl (C=O) groups excluding carboxylic acids is 1. The zero-order valence-corrected chi connectivity index (χ0v) is 12.8. The van der Waals surface area contributed by atoms with Gasteiger partial charge in [-0.05, 0) is 23.6 Å². The van der Waals surface area contributed by atoms with Crippen molar-refractivity contribution >= 4 is 6.03 Å². The lowest BCUT2D eigenvalue weighted by molar-refractivity contribution is 0.173. The predicted molar refractivity (Wildman–Crippen MR) is 87.4 cm³/mol. The van der Waals surface area contributed by atoms with Gasteiger partial charge < -0.3 is 15.3 Å². The lowest BCUT2D eigenvalue weighted by atomic mass is 10.1. The number of aryl methyl sites for hydroxylation is 1. The highest BCUT2D eigenvalue weighted by atomic mass is 16.3. The second-order valence-electron chi connectivity index (χ2n) is 5.22. The molecule has 0 heterocycles. The molecule has 0 aromatic heterocycles. The molecule has 0 aliphatic rings. The Labute approximate surface area is 131 Å². The van der Waals surface area contributed by atoms with E-state index in [4.69, 9.17) is 0 Å². The van der Waals surface area contributed by atoms with Crippen LogP contribution < -0.4 is 5.32 Å². The van der Waals surface area contributed by atoms with Crippen LogP contribution in [0.1, 0.15) is 16.7 Å². The van der Waals surface area contributed by atoms with Crippen LogP contribution >= 0.6 is 0 Å². The molecule has 0 atom stereocenters. The SMILES string of the molecule is Cc1ccccc1CNC(=O)N(CCO)Cc1ccccc1. The first kappa shape index (κ1) is 16.0. The molecule has 0 radical (unpaired) electrons. The number of hydrogen-bond donors (Lipinski definition) is 2. The summed E-state index contributed by atoms with van der Waals surface area (Å²) in [4.78, 5) is 13.9. The van der Waals surface area contributed by atoms with E-state index in [1.165, 1.54) is 0 Å². The van der Waals surface area contributed by atoms with E-state index in [0.29, 0.717) is 19.6 Å². The fraction of sp³-hybridized carbons (Fsp3) is 0.278. The van der Waals surface area contributed by atoms with Crippen LogP contribution in [0.3, 0.4) is 0 Å². The van der Waals surface area contributed by atoms with Crippen molar-refractivity contribution in [1.82, 2.24) is 10.2 Å². The van der Waals surface area contributed by atoms with Crippen molar-refractivity contribution in [3.8, 4) is 0 Å². The van der Waals surface area contributed by atoms with Gasteiger partial charge in [0.2, 0.25) is 0 Å². The van der Waals surface area contributed by atoms with E-state index in [0.717, 1.165) is 16.7 Å². The molecule has 0 fully saturated rings. The van der Waals surface area contributed by atoms with Crippen molar-refractivity contribution in [3.05, 3.63) is 71.3 Å². The van der Waals surface area contributed by atoms with Crippen LogP contribution in [-0.4, -0.2) is 29.2 Å². The van der Waals surface area contributed by atoms with E-state index in [2.05, 4.69) is 5.32 Å². The molecule has 0 spiro atoms. The Morgan fingerprint density at radius 2 is 1.77 bits per heavy atom. The lowest BCUT2D eigenvalue weighted by Crippen LogP contribution is -2.40. The molecule has 2 aromatic carbocycles. The molecule has 4 nitrogen and oxygen atoms in total. The number of carbonyl (C=O) groups is 1. The highest BCUT2D eigenvalue weighted by Gasteiger charge is 2.13. The van der Waals surface area contributed by atoms with E-state index in [-0.39, 0.29) is 12.6 Å². The van der Waals surface area contributed by atoms with E-state index >= 15 is 0 Å². The van der Waals surface area contributed by atoms with Gasteiger partial charge in [0, 0.05) is 19.6 Å². The summed E-state index contributed by atoms with van der Waals surface area (Å²) in [6, 6.07) is 17.6. The summed E-state index contributed by atoms with van der Waals surface area (Å²) in [6.45, 7) is 3.26. The van der Waals surface area contributed by atoms with Crippen molar-refractivity contribution in [1.29, 1.82) is 0 Å². The van der Waals surface area contributed by atoms with Crippen LogP contribution in [-0.2, 0) is 13.1 Å². The highest BCUT2D eigenvalue weighted by Crippen LogP contribution is 2.08. The molecule has 22 heavy (non-hydrogen) atoms. The third-order valence-electron chi connectivity index (χ3n) is 3.56. The second kappa shape index (κ2) is 8.20. The minimum atomic E-state index is -0.166. The minimum absolute atomic E-state index is 0.0510. The van der Waals surface area contributed by atoms with E-state index < -0.39 is 0 Å². The van der Waals surface area contributed by atoms with Gasteiger partial charge in [-0.15, -0.1) is 0 Å². The van der Waals surface area contributed by atoms with Gasteiger partial charge in [0.25, 0.3) is 0 Å². The number of nitrogens with one attached hydrogen (secondary N) is 1. The molecule has 2 amide bonds. The number of benzene rings is 2. The Bertz CT molecular complexity index is 599. The minimum Gasteiger partial charge on any atom is -0.395 e. The molecule has 116 valence electrons. The fourth-order valence-electron chi connectivity index (χ4n) is 2.27. The van der Waals surface area contributed by atoms with Gasteiger partial charge in [0.1, 0.15) is 0 Å². The molecular formula is C18H22N2O2. The van der Waals surface area contributed by atoms with Crippen LogP contribution in [0.25, 0.3) is 0 Å². The Kier molecular flexibility index (Phi) is 5.98. The molecular weight excluding hydrogens is 276 g/mol. The highest BCUT2D eigenvalue weighted by molar-refractivity contribution is 5.74. The molecule has 0 saturated carbocycles. The van der Waals surface area contributed by atoms with Crippen molar-refractivity contribution in [2.45, 2.75) is 20.0 Å². The Hall–Kier alpha value is -2.33. The van der Waals surface area contributed by atoms with Crippen molar-refractivity contribution < 1.29 is 9.90 Å². The lowest BCUT2D eigenvalue weighted by Gasteiger charge is -2.22. The molecule has 4 heteroatoms. The standard InChI is InChI=1S/C18H22N2O2/c1-15-7-5-6-10-17(15)13-19-18(22)20(11-12-21)14-16-8-3-2-4-9-16/h2-10,21H,11-14H2,1H3,(H,19,22). The number of aliphatic hydroxyl groups excluding tert-OH is 1. The number of nitrogens with zero attached hydrogens (tertiary/aromatic N) is 1. The van der Waals surface area contributed by atoms with Crippen molar-refractivity contribution in [2.75, 3.05) is 13.2 Å². The fourth-order valence-corrected chi connectivity index (χ4v) is 2.27. The normalized spacial score (nSPS) is 10.3. The van der Waals surface area contributed by atoms with Gasteiger partial charge in [-0.3, -0.25) is 0 Å². The molecule has 0 unspecified atom stereocenters. The summed E-state index contributed by atoms with van der Waals surface area (Å²) < 4.78 is 0. The average Bonchev–Trinajstić information content (AvgIpc) is 2.54. The van der Waals surface area contributed by atoms with Crippen molar-refractivity contribution in [3.63, 3.8) is 0 Å². The first-order valence-electron chi connectivity index (χ1n) is 7.43. The predicted octanol–water partition coefficient (Wildman–Crippen LogP) is 2.70. The van der Waals surface area contributed by atoms with Gasteiger partial charge in [0.05, 0.1) is 6.61 Å². The number of amides is 2. The molecule has 2 N–H and O–H groups in total. The van der Waals surface area contributed by atoms with Gasteiger partial charge in [-0.25, -0.2) is 4.79 Å². The zero-order valence-electron chi connectivity index (χ0n) is 12.8. The number of hydrogen-bond acceptors (Lipinski definition) is 2. The Morgan fingerprint density at radius 3 is 2.45 bits per heavy atom. The smallest absolute Gasteiger partial charge is 0.318 e. The molecule has 0 aliphatic heterocycles. The van der Waals surface area contributed by atoms with Crippen LogP contribution in [0, 0.1) is 6.92 Å². The summed E-state index contributed by atoms with van der Waals surface area (Å²) >= 11 is 0. The molecule has 0 saturated heterocycles. The van der Waals surface area contributed by atoms with Gasteiger partial charge >= 0.3 is 6.03 Å². The molecule has 0 bridgehead atoms. The third kappa shape index (κ3) is 4.60. The maximum Gasteiger partial charge on any atom is 0.318 e. The summed E-state index contributed by atoms with van der Waals surface area (Å²) in [7, 11) is 0. The quantitative estimate of drug-likeness (QED) is 0.861. The van der Waals surface area contributed by atoms with Gasteiger partial charge in [-0.1, -0.05) is 54.6 Å². The molecule has 2 rings (SSSR count). The maximum absolute atomic E-state index is 12.3. The second-order valence-corrected chi connectivity index (χ2v) is 5.22. The van der Waals surface area contributed by atoms with Crippen LogP contribution in [0.4, 0.5) is 4.79 Å². The Morgan fingerprint density at radius 1 is 1.09 bits per heavy atom.